The van der Waals surface area contributed by atoms with Crippen molar-refractivity contribution in [1.82, 2.24) is 10.3 Å². The number of pyridine rings is 1. The van der Waals surface area contributed by atoms with E-state index in [9.17, 15) is 4.79 Å². The van der Waals surface area contributed by atoms with Gasteiger partial charge in [0.1, 0.15) is 0 Å². The lowest BCUT2D eigenvalue weighted by Gasteiger charge is -2.08. The predicted molar refractivity (Wildman–Crippen MR) is 73.8 cm³/mol. The van der Waals surface area contributed by atoms with Crippen molar-refractivity contribution in [2.45, 2.75) is 26.3 Å². The van der Waals surface area contributed by atoms with Crippen molar-refractivity contribution >= 4 is 16.7 Å². The molecule has 0 saturated carbocycles. The quantitative estimate of drug-likeness (QED) is 0.820. The van der Waals surface area contributed by atoms with Crippen molar-refractivity contribution in [1.29, 1.82) is 0 Å². The number of fused-ring (bicyclic) bond motifs is 1. The van der Waals surface area contributed by atoms with Gasteiger partial charge in [0.2, 0.25) is 0 Å². The fourth-order valence-electron chi connectivity index (χ4n) is 1.94. The number of hydrogen-bond acceptors (Lipinski definition) is 3. The van der Waals surface area contributed by atoms with Gasteiger partial charge < -0.3 is 5.32 Å². The van der Waals surface area contributed by atoms with Gasteiger partial charge in [0.15, 0.2) is 5.78 Å². The van der Waals surface area contributed by atoms with E-state index in [1.807, 2.05) is 30.3 Å². The van der Waals surface area contributed by atoms with Crippen molar-refractivity contribution in [3.63, 3.8) is 0 Å². The predicted octanol–water partition coefficient (Wildman–Crippen LogP) is 2.81. The summed E-state index contributed by atoms with van der Waals surface area (Å²) in [5.41, 5.74) is 1.52. The van der Waals surface area contributed by atoms with Crippen LogP contribution in [0.3, 0.4) is 0 Å². The van der Waals surface area contributed by atoms with Crippen LogP contribution >= 0.6 is 0 Å². The average Bonchev–Trinajstić information content (AvgIpc) is 2.37. The number of rotatable bonds is 5. The van der Waals surface area contributed by atoms with Crippen LogP contribution in [0.1, 0.15) is 30.6 Å². The van der Waals surface area contributed by atoms with Crippen LogP contribution in [0.15, 0.2) is 36.5 Å². The summed E-state index contributed by atoms with van der Waals surface area (Å²) in [6.07, 6.45) is 2.24. The lowest BCUT2D eigenvalue weighted by molar-refractivity contribution is 0.0983. The lowest BCUT2D eigenvalue weighted by Crippen LogP contribution is -2.25. The number of nitrogens with one attached hydrogen (secondary N) is 1. The second kappa shape index (κ2) is 5.74. The minimum atomic E-state index is 0.146. The Morgan fingerprint density at radius 2 is 2.06 bits per heavy atom. The summed E-state index contributed by atoms with van der Waals surface area (Å²) in [5, 5.41) is 4.27. The molecule has 0 saturated heterocycles. The molecular formula is C15H18N2O. The van der Waals surface area contributed by atoms with Gasteiger partial charge in [0.05, 0.1) is 5.52 Å². The molecule has 3 nitrogen and oxygen atoms in total. The van der Waals surface area contributed by atoms with Gasteiger partial charge in [-0.3, -0.25) is 9.78 Å². The number of carbonyl (C=O) groups excluding carboxylic acids is 1. The van der Waals surface area contributed by atoms with E-state index in [2.05, 4.69) is 24.1 Å². The highest BCUT2D eigenvalue weighted by Gasteiger charge is 2.10. The highest BCUT2D eigenvalue weighted by atomic mass is 16.1. The van der Waals surface area contributed by atoms with Gasteiger partial charge in [-0.25, -0.2) is 0 Å². The molecule has 0 amide bonds. The molecule has 0 atom stereocenters. The first-order valence-corrected chi connectivity index (χ1v) is 6.29. The maximum absolute atomic E-state index is 12.2. The summed E-state index contributed by atoms with van der Waals surface area (Å²) in [4.78, 5) is 16.5. The Morgan fingerprint density at radius 1 is 1.28 bits per heavy atom. The molecule has 0 aliphatic heterocycles. The van der Waals surface area contributed by atoms with Gasteiger partial charge in [-0.2, -0.15) is 0 Å². The van der Waals surface area contributed by atoms with Crippen LogP contribution in [-0.2, 0) is 0 Å². The first-order chi connectivity index (χ1) is 8.68. The van der Waals surface area contributed by atoms with E-state index in [4.69, 9.17) is 0 Å². The van der Waals surface area contributed by atoms with Gasteiger partial charge in [0, 0.05) is 36.2 Å². The molecular weight excluding hydrogens is 224 g/mol. The molecule has 0 bridgehead atoms. The Kier molecular flexibility index (Phi) is 4.05. The second-order valence-corrected chi connectivity index (χ2v) is 4.66. The molecule has 1 aromatic carbocycles. The standard InChI is InChI=1S/C15H18N2O/c1-11(2)16-10-8-14(18)13-7-3-5-12-6-4-9-17-15(12)13/h3-7,9,11,16H,8,10H2,1-2H3. The first kappa shape index (κ1) is 12.7. The molecule has 1 aromatic heterocycles. The lowest BCUT2D eigenvalue weighted by atomic mass is 10.0. The number of ketones is 1. The van der Waals surface area contributed by atoms with E-state index in [1.54, 1.807) is 6.20 Å². The van der Waals surface area contributed by atoms with Crippen molar-refractivity contribution in [2.75, 3.05) is 6.54 Å². The van der Waals surface area contributed by atoms with E-state index in [1.165, 1.54) is 0 Å². The zero-order chi connectivity index (χ0) is 13.0. The van der Waals surface area contributed by atoms with Gasteiger partial charge >= 0.3 is 0 Å². The maximum Gasteiger partial charge on any atom is 0.166 e. The van der Waals surface area contributed by atoms with Gasteiger partial charge in [-0.05, 0) is 12.1 Å². The summed E-state index contributed by atoms with van der Waals surface area (Å²) < 4.78 is 0. The van der Waals surface area contributed by atoms with E-state index < -0.39 is 0 Å². The maximum atomic E-state index is 12.2. The molecule has 18 heavy (non-hydrogen) atoms. The number of aromatic nitrogens is 1. The van der Waals surface area contributed by atoms with Gasteiger partial charge in [-0.1, -0.05) is 32.0 Å². The Bertz CT molecular complexity index is 544. The Balaban J connectivity index is 2.17. The molecule has 2 rings (SSSR count). The zero-order valence-electron chi connectivity index (χ0n) is 10.8. The monoisotopic (exact) mass is 242 g/mol. The molecule has 2 aromatic rings. The second-order valence-electron chi connectivity index (χ2n) is 4.66. The largest absolute Gasteiger partial charge is 0.314 e. The molecule has 0 fully saturated rings. The Morgan fingerprint density at radius 3 is 2.83 bits per heavy atom. The number of hydrogen-bond donors (Lipinski definition) is 1. The molecule has 94 valence electrons. The summed E-state index contributed by atoms with van der Waals surface area (Å²) >= 11 is 0. The molecule has 0 spiro atoms. The summed E-state index contributed by atoms with van der Waals surface area (Å²) in [7, 11) is 0. The highest BCUT2D eigenvalue weighted by molar-refractivity contribution is 6.06. The van der Waals surface area contributed by atoms with Crippen LogP contribution in [0.5, 0.6) is 0 Å². The Labute approximate surface area is 107 Å². The third-order valence-electron chi connectivity index (χ3n) is 2.84. The van der Waals surface area contributed by atoms with E-state index >= 15 is 0 Å². The van der Waals surface area contributed by atoms with Crippen LogP contribution in [0.4, 0.5) is 0 Å². The van der Waals surface area contributed by atoms with Crippen LogP contribution in [0.2, 0.25) is 0 Å². The number of benzene rings is 1. The molecule has 0 aliphatic carbocycles. The summed E-state index contributed by atoms with van der Waals surface area (Å²) in [6.45, 7) is 4.85. The molecule has 1 N–H and O–H groups in total. The van der Waals surface area contributed by atoms with Crippen LogP contribution in [0.25, 0.3) is 10.9 Å². The molecule has 0 aliphatic rings. The molecule has 3 heteroatoms. The topological polar surface area (TPSA) is 42.0 Å². The number of nitrogens with zero attached hydrogens (tertiary/aromatic N) is 1. The number of carbonyl (C=O) groups is 1. The normalized spacial score (nSPS) is 11.1. The van der Waals surface area contributed by atoms with Crippen molar-refractivity contribution < 1.29 is 4.79 Å². The third-order valence-corrected chi connectivity index (χ3v) is 2.84. The van der Waals surface area contributed by atoms with E-state index in [-0.39, 0.29) is 5.78 Å². The van der Waals surface area contributed by atoms with Crippen LogP contribution < -0.4 is 5.32 Å². The minimum Gasteiger partial charge on any atom is -0.314 e. The molecule has 1 heterocycles. The zero-order valence-corrected chi connectivity index (χ0v) is 10.8. The minimum absolute atomic E-state index is 0.146. The van der Waals surface area contributed by atoms with E-state index in [0.29, 0.717) is 19.0 Å². The van der Waals surface area contributed by atoms with Crippen molar-refractivity contribution in [3.8, 4) is 0 Å². The number of Topliss-reactive ketones (excluding diaryl/α,β-unsaturated/α-hetero) is 1. The fraction of sp³-hybridized carbons (Fsp3) is 0.333. The SMILES string of the molecule is CC(C)NCCC(=O)c1cccc2cccnc12. The smallest absolute Gasteiger partial charge is 0.166 e. The third kappa shape index (κ3) is 2.93. The van der Waals surface area contributed by atoms with Crippen molar-refractivity contribution in [3.05, 3.63) is 42.1 Å². The van der Waals surface area contributed by atoms with Crippen LogP contribution in [-0.4, -0.2) is 23.4 Å². The van der Waals surface area contributed by atoms with Crippen LogP contribution in [0, 0.1) is 0 Å². The number of para-hydroxylation sites is 1. The molecule has 0 unspecified atom stereocenters. The van der Waals surface area contributed by atoms with E-state index in [0.717, 1.165) is 16.5 Å². The Hall–Kier alpha value is -1.74. The first-order valence-electron chi connectivity index (χ1n) is 6.29. The molecule has 0 radical (unpaired) electrons. The fourth-order valence-corrected chi connectivity index (χ4v) is 1.94. The highest BCUT2D eigenvalue weighted by Crippen LogP contribution is 2.17. The van der Waals surface area contributed by atoms with Crippen molar-refractivity contribution in [2.24, 2.45) is 0 Å². The summed E-state index contributed by atoms with van der Waals surface area (Å²) in [5.74, 6) is 0.146. The average molecular weight is 242 g/mol. The van der Waals surface area contributed by atoms with Gasteiger partial charge in [-0.15, -0.1) is 0 Å². The summed E-state index contributed by atoms with van der Waals surface area (Å²) in [6, 6.07) is 10.0. The van der Waals surface area contributed by atoms with Gasteiger partial charge in [0.25, 0.3) is 0 Å².